The van der Waals surface area contributed by atoms with E-state index >= 15 is 0 Å². The fourth-order valence-electron chi connectivity index (χ4n) is 5.53. The summed E-state index contributed by atoms with van der Waals surface area (Å²) in [5.41, 5.74) is -0.318. The van der Waals surface area contributed by atoms with Gasteiger partial charge < -0.3 is 20.1 Å². The molecule has 10 heteroatoms. The quantitative estimate of drug-likeness (QED) is 0.505. The molecule has 1 aliphatic carbocycles. The standard InChI is InChI=1S/C28H34F3N3O4/c1-38-18-20-5-6-25(32-15-20)27(37)10-7-23(8-11-27)34-12-9-19(17-34)13-24(35)16-33-26(36)21-3-2-4-22(14-21)28(29,30)31/h2-6,14-15,19,23,37H,7-13,16-18H2,1H3,(H,33,36)/t19-,23?,27?/m0/s1. The lowest BCUT2D eigenvalue weighted by Gasteiger charge is -2.39. The highest BCUT2D eigenvalue weighted by molar-refractivity contribution is 5.96. The Bertz CT molecular complexity index is 1120. The first-order valence-electron chi connectivity index (χ1n) is 13.0. The first-order chi connectivity index (χ1) is 18.1. The van der Waals surface area contributed by atoms with E-state index in [9.17, 15) is 27.9 Å². The van der Waals surface area contributed by atoms with Crippen molar-refractivity contribution in [3.8, 4) is 0 Å². The number of carbonyl (C=O) groups is 2. The molecule has 2 fully saturated rings. The molecule has 0 spiro atoms. The summed E-state index contributed by atoms with van der Waals surface area (Å²) < 4.78 is 43.8. The third kappa shape index (κ3) is 6.98. The zero-order chi connectivity index (χ0) is 27.3. The van der Waals surface area contributed by atoms with Gasteiger partial charge in [-0.25, -0.2) is 0 Å². The molecule has 4 rings (SSSR count). The summed E-state index contributed by atoms with van der Waals surface area (Å²) in [6.07, 6.45) is 1.31. The lowest BCUT2D eigenvalue weighted by Crippen LogP contribution is -2.42. The van der Waals surface area contributed by atoms with Crippen LogP contribution in [0.1, 0.15) is 65.7 Å². The van der Waals surface area contributed by atoms with Crippen LogP contribution in [0.4, 0.5) is 13.2 Å². The Kier molecular flexibility index (Phi) is 8.85. The minimum atomic E-state index is -4.54. The predicted octanol–water partition coefficient (Wildman–Crippen LogP) is 4.09. The zero-order valence-corrected chi connectivity index (χ0v) is 21.5. The summed E-state index contributed by atoms with van der Waals surface area (Å²) >= 11 is 0. The number of benzene rings is 1. The largest absolute Gasteiger partial charge is 0.416 e. The van der Waals surface area contributed by atoms with E-state index < -0.39 is 23.2 Å². The van der Waals surface area contributed by atoms with Crippen molar-refractivity contribution in [1.82, 2.24) is 15.2 Å². The van der Waals surface area contributed by atoms with Crippen LogP contribution >= 0.6 is 0 Å². The van der Waals surface area contributed by atoms with Crippen molar-refractivity contribution in [3.63, 3.8) is 0 Å². The van der Waals surface area contributed by atoms with Crippen LogP contribution < -0.4 is 5.32 Å². The number of rotatable bonds is 9. The number of ether oxygens (including phenoxy) is 1. The number of amides is 1. The summed E-state index contributed by atoms with van der Waals surface area (Å²) in [6.45, 7) is 1.93. The second-order valence-electron chi connectivity index (χ2n) is 10.4. The molecule has 1 aliphatic heterocycles. The van der Waals surface area contributed by atoms with Crippen molar-refractivity contribution in [2.75, 3.05) is 26.7 Å². The molecule has 1 saturated carbocycles. The molecule has 1 aromatic heterocycles. The molecule has 2 aliphatic rings. The summed E-state index contributed by atoms with van der Waals surface area (Å²) in [5, 5.41) is 13.6. The molecule has 1 atom stereocenters. The number of halogens is 3. The van der Waals surface area contributed by atoms with Gasteiger partial charge in [-0.3, -0.25) is 14.6 Å². The Morgan fingerprint density at radius 3 is 2.61 bits per heavy atom. The number of likely N-dealkylation sites (tertiary alicyclic amines) is 1. The van der Waals surface area contributed by atoms with Gasteiger partial charge in [-0.1, -0.05) is 12.1 Å². The van der Waals surface area contributed by atoms with Crippen LogP contribution in [0.3, 0.4) is 0 Å². The van der Waals surface area contributed by atoms with Gasteiger partial charge in [-0.05, 0) is 74.4 Å². The topological polar surface area (TPSA) is 91.8 Å². The smallest absolute Gasteiger partial charge is 0.384 e. The van der Waals surface area contributed by atoms with Crippen molar-refractivity contribution < 1.29 is 32.6 Å². The molecule has 38 heavy (non-hydrogen) atoms. The fraction of sp³-hybridized carbons (Fsp3) is 0.536. The van der Waals surface area contributed by atoms with Crippen LogP contribution in [0.15, 0.2) is 42.6 Å². The molecule has 2 N–H and O–H groups in total. The Morgan fingerprint density at radius 2 is 1.95 bits per heavy atom. The van der Waals surface area contributed by atoms with E-state index in [2.05, 4.69) is 15.2 Å². The van der Waals surface area contributed by atoms with Crippen LogP contribution in [0.5, 0.6) is 0 Å². The number of carbonyl (C=O) groups excluding carboxylic acids is 2. The second kappa shape index (κ2) is 11.9. The highest BCUT2D eigenvalue weighted by Crippen LogP contribution is 2.39. The van der Waals surface area contributed by atoms with Gasteiger partial charge in [0.25, 0.3) is 5.91 Å². The normalized spacial score (nSPS) is 24.3. The highest BCUT2D eigenvalue weighted by Gasteiger charge is 2.39. The van der Waals surface area contributed by atoms with Crippen LogP contribution in [0, 0.1) is 5.92 Å². The molecule has 0 unspecified atom stereocenters. The molecular weight excluding hydrogens is 499 g/mol. The van der Waals surface area contributed by atoms with E-state index in [0.717, 1.165) is 50.0 Å². The number of nitrogens with zero attached hydrogens (tertiary/aromatic N) is 2. The minimum absolute atomic E-state index is 0.127. The van der Waals surface area contributed by atoms with Crippen LogP contribution in [0.25, 0.3) is 0 Å². The lowest BCUT2D eigenvalue weighted by atomic mass is 9.79. The first kappa shape index (κ1) is 28.2. The summed E-state index contributed by atoms with van der Waals surface area (Å²) in [4.78, 5) is 31.6. The van der Waals surface area contributed by atoms with Gasteiger partial charge in [0.2, 0.25) is 0 Å². The average molecular weight is 534 g/mol. The number of alkyl halides is 3. The van der Waals surface area contributed by atoms with Gasteiger partial charge in [0.1, 0.15) is 5.60 Å². The SMILES string of the molecule is COCc1ccc(C2(O)CCC(N3CC[C@@H](CC(=O)CNC(=O)c4cccc(C(F)(F)F)c4)C3)CC2)nc1. The maximum Gasteiger partial charge on any atom is 0.416 e. The van der Waals surface area contributed by atoms with E-state index in [4.69, 9.17) is 4.74 Å². The van der Waals surface area contributed by atoms with E-state index in [1.54, 1.807) is 13.3 Å². The number of aromatic nitrogens is 1. The van der Waals surface area contributed by atoms with E-state index in [1.807, 2.05) is 12.1 Å². The number of ketones is 1. The van der Waals surface area contributed by atoms with Gasteiger partial charge in [0, 0.05) is 37.9 Å². The maximum atomic E-state index is 12.9. The third-order valence-electron chi connectivity index (χ3n) is 7.64. The number of Topliss-reactive ketones (excluding diaryl/α,β-unsaturated/α-hetero) is 1. The number of hydrogen-bond acceptors (Lipinski definition) is 6. The lowest BCUT2D eigenvalue weighted by molar-refractivity contribution is -0.137. The first-order valence-corrected chi connectivity index (χ1v) is 13.0. The second-order valence-corrected chi connectivity index (χ2v) is 10.4. The molecule has 206 valence electrons. The van der Waals surface area contributed by atoms with Crippen molar-refractivity contribution in [2.24, 2.45) is 5.92 Å². The summed E-state index contributed by atoms with van der Waals surface area (Å²) in [6, 6.07) is 8.29. The van der Waals surface area contributed by atoms with Crippen molar-refractivity contribution >= 4 is 11.7 Å². The van der Waals surface area contributed by atoms with Crippen molar-refractivity contribution in [3.05, 3.63) is 65.0 Å². The number of nitrogens with one attached hydrogen (secondary N) is 1. The molecule has 0 radical (unpaired) electrons. The predicted molar refractivity (Wildman–Crippen MR) is 134 cm³/mol. The monoisotopic (exact) mass is 533 g/mol. The van der Waals surface area contributed by atoms with Gasteiger partial charge in [-0.2, -0.15) is 13.2 Å². The van der Waals surface area contributed by atoms with Crippen LogP contribution in [0.2, 0.25) is 0 Å². The summed E-state index contributed by atoms with van der Waals surface area (Å²) in [7, 11) is 1.63. The Morgan fingerprint density at radius 1 is 1.18 bits per heavy atom. The molecule has 7 nitrogen and oxygen atoms in total. The molecule has 1 saturated heterocycles. The minimum Gasteiger partial charge on any atom is -0.384 e. The van der Waals surface area contributed by atoms with E-state index in [1.165, 1.54) is 12.1 Å². The van der Waals surface area contributed by atoms with Gasteiger partial charge in [-0.15, -0.1) is 0 Å². The fourth-order valence-corrected chi connectivity index (χ4v) is 5.53. The van der Waals surface area contributed by atoms with Crippen LogP contribution in [-0.4, -0.2) is 59.5 Å². The average Bonchev–Trinajstić information content (AvgIpc) is 3.36. The van der Waals surface area contributed by atoms with Crippen molar-refractivity contribution in [1.29, 1.82) is 0 Å². The van der Waals surface area contributed by atoms with Gasteiger partial charge in [0.05, 0.1) is 24.4 Å². The Balaban J connectivity index is 1.21. The van der Waals surface area contributed by atoms with E-state index in [0.29, 0.717) is 37.6 Å². The maximum absolute atomic E-state index is 12.9. The van der Waals surface area contributed by atoms with Gasteiger partial charge in [0.15, 0.2) is 5.78 Å². The molecule has 2 aromatic rings. The number of hydrogen-bond donors (Lipinski definition) is 2. The van der Waals surface area contributed by atoms with Crippen molar-refractivity contribution in [2.45, 2.75) is 63.0 Å². The zero-order valence-electron chi connectivity index (χ0n) is 21.5. The Labute approximate surface area is 220 Å². The molecule has 0 bridgehead atoms. The number of aliphatic hydroxyl groups is 1. The van der Waals surface area contributed by atoms with Crippen LogP contribution in [-0.2, 0) is 27.9 Å². The summed E-state index contributed by atoms with van der Waals surface area (Å²) in [5.74, 6) is -0.669. The third-order valence-corrected chi connectivity index (χ3v) is 7.64. The molecule has 2 heterocycles. The number of methoxy groups -OCH3 is 1. The highest BCUT2D eigenvalue weighted by atomic mass is 19.4. The van der Waals surface area contributed by atoms with E-state index in [-0.39, 0.29) is 23.8 Å². The van der Waals surface area contributed by atoms with Gasteiger partial charge >= 0.3 is 6.18 Å². The number of pyridine rings is 1. The molecular formula is C28H34F3N3O4. The Hall–Kier alpha value is -2.82. The molecule has 1 amide bonds. The molecule has 1 aromatic carbocycles.